The van der Waals surface area contributed by atoms with Crippen molar-refractivity contribution in [2.75, 3.05) is 11.6 Å². The van der Waals surface area contributed by atoms with E-state index < -0.39 is 38.4 Å². The van der Waals surface area contributed by atoms with Crippen LogP contribution in [-0.4, -0.2) is 27.8 Å². The van der Waals surface area contributed by atoms with Gasteiger partial charge in [0.25, 0.3) is 0 Å². The third-order valence-electron chi connectivity index (χ3n) is 3.67. The van der Waals surface area contributed by atoms with E-state index in [1.165, 1.54) is 0 Å². The molecule has 31 heavy (non-hydrogen) atoms. The molecule has 2 rings (SSSR count). The molecule has 2 amide bonds. The molecule has 0 aromatic heterocycles. The molecule has 0 fully saturated rings. The summed E-state index contributed by atoms with van der Waals surface area (Å²) in [5.41, 5.74) is 0.501. The van der Waals surface area contributed by atoms with Crippen molar-refractivity contribution in [2.45, 2.75) is 41.2 Å². The first kappa shape index (κ1) is 25.5. The highest BCUT2D eigenvalue weighted by molar-refractivity contribution is 7.86. The molecule has 0 saturated heterocycles. The fraction of sp³-hybridized carbons (Fsp3) is 0.333. The van der Waals surface area contributed by atoms with Gasteiger partial charge in [0.05, 0.1) is 0 Å². The minimum absolute atomic E-state index is 0.541. The molecule has 0 bridgehead atoms. The van der Waals surface area contributed by atoms with Gasteiger partial charge < -0.3 is 9.47 Å². The first-order valence-electron chi connectivity index (χ1n) is 9.15. The summed E-state index contributed by atoms with van der Waals surface area (Å²) in [6.07, 6.45) is -0.748. The molecular weight excluding hydrogens is 483 g/mol. The number of alkyl halides is 3. The van der Waals surface area contributed by atoms with Crippen molar-refractivity contribution in [3.8, 4) is 0 Å². The molecule has 0 heterocycles. The Labute approximate surface area is 199 Å². The smallest absolute Gasteiger partial charge is 0.440 e. The number of ether oxygens (including phenoxy) is 2. The molecule has 2 aromatic rings. The second kappa shape index (κ2) is 10.7. The largest absolute Gasteiger partial charge is 0.444 e. The number of amides is 2. The monoisotopic (exact) mass is 504 g/mol. The molecule has 0 aliphatic heterocycles. The molecule has 2 aromatic carbocycles. The third-order valence-corrected chi connectivity index (χ3v) is 5.64. The van der Waals surface area contributed by atoms with Crippen LogP contribution in [0.5, 0.6) is 0 Å². The van der Waals surface area contributed by atoms with Crippen molar-refractivity contribution in [3.05, 3.63) is 60.2 Å². The van der Waals surface area contributed by atoms with Crippen LogP contribution in [0, 0.1) is 0 Å². The number of hydrogen-bond acceptors (Lipinski definition) is 4. The van der Waals surface area contributed by atoms with Gasteiger partial charge in [-0.05, 0) is 56.9 Å². The summed E-state index contributed by atoms with van der Waals surface area (Å²) in [5.74, 6) is 0. The summed E-state index contributed by atoms with van der Waals surface area (Å²) in [7, 11) is -0.823. The van der Waals surface area contributed by atoms with E-state index in [-0.39, 0.29) is 0 Å². The number of halogens is 3. The summed E-state index contributed by atoms with van der Waals surface area (Å²) < 4.78 is 12.8. The SMILES string of the molecule is C/S(=N\C(=O)O[C@@H](c1ccccc1)C(Cl)(Cl)Cl)c1ccc(NC(=O)OC(C)(C)C)cc1. The van der Waals surface area contributed by atoms with E-state index in [0.717, 1.165) is 4.90 Å². The van der Waals surface area contributed by atoms with Gasteiger partial charge in [0.15, 0.2) is 6.10 Å². The Morgan fingerprint density at radius 2 is 1.58 bits per heavy atom. The molecule has 1 unspecified atom stereocenters. The fourth-order valence-electron chi connectivity index (χ4n) is 2.40. The molecule has 0 saturated carbocycles. The number of nitrogens with one attached hydrogen (secondary N) is 1. The maximum atomic E-state index is 12.4. The van der Waals surface area contributed by atoms with Crippen LogP contribution in [0.4, 0.5) is 15.3 Å². The number of benzene rings is 2. The van der Waals surface area contributed by atoms with Crippen molar-refractivity contribution in [1.29, 1.82) is 0 Å². The van der Waals surface area contributed by atoms with E-state index >= 15 is 0 Å². The first-order chi connectivity index (χ1) is 14.3. The lowest BCUT2D eigenvalue weighted by Gasteiger charge is -2.23. The lowest BCUT2D eigenvalue weighted by atomic mass is 10.1. The average Bonchev–Trinajstić information content (AvgIpc) is 2.65. The van der Waals surface area contributed by atoms with Crippen LogP contribution < -0.4 is 5.32 Å². The van der Waals surface area contributed by atoms with Crippen LogP contribution >= 0.6 is 34.8 Å². The van der Waals surface area contributed by atoms with E-state index in [1.54, 1.807) is 81.6 Å². The van der Waals surface area contributed by atoms with E-state index in [4.69, 9.17) is 44.3 Å². The molecule has 2 atom stereocenters. The zero-order valence-corrected chi connectivity index (χ0v) is 20.5. The fourth-order valence-corrected chi connectivity index (χ4v) is 3.81. The van der Waals surface area contributed by atoms with Crippen molar-refractivity contribution in [1.82, 2.24) is 0 Å². The lowest BCUT2D eigenvalue weighted by molar-refractivity contribution is 0.0636. The summed E-state index contributed by atoms with van der Waals surface area (Å²) in [6, 6.07) is 15.6. The van der Waals surface area contributed by atoms with Crippen LogP contribution in [0.1, 0.15) is 32.4 Å². The standard InChI is InChI=1S/C21H23Cl3N2O4S/c1-20(2,3)30-18(27)25-15-10-12-16(13-11-15)31(4)26-19(28)29-17(21(22,23)24)14-8-6-5-7-9-14/h5-13,17H,1-4H3,(H,25,27)/t17-,31?/m0/s1. The number of carbonyl (C=O) groups excluding carboxylic acids is 2. The van der Waals surface area contributed by atoms with Crippen LogP contribution in [0.2, 0.25) is 0 Å². The van der Waals surface area contributed by atoms with E-state index in [2.05, 4.69) is 9.68 Å². The number of hydrogen-bond donors (Lipinski definition) is 1. The Morgan fingerprint density at radius 1 is 1.00 bits per heavy atom. The van der Waals surface area contributed by atoms with Crippen molar-refractivity contribution < 1.29 is 19.1 Å². The Hall–Kier alpha value is -1.80. The highest BCUT2D eigenvalue weighted by Crippen LogP contribution is 2.42. The number of rotatable bonds is 4. The van der Waals surface area contributed by atoms with Crippen LogP contribution in [0.25, 0.3) is 0 Å². The van der Waals surface area contributed by atoms with E-state index in [1.807, 2.05) is 0 Å². The molecule has 10 heteroatoms. The van der Waals surface area contributed by atoms with Gasteiger partial charge >= 0.3 is 12.2 Å². The molecular formula is C21H23Cl3N2O4S. The van der Waals surface area contributed by atoms with Gasteiger partial charge in [0.2, 0.25) is 3.79 Å². The Morgan fingerprint density at radius 3 is 2.10 bits per heavy atom. The van der Waals surface area contributed by atoms with Crippen LogP contribution in [0.15, 0.2) is 63.9 Å². The zero-order chi connectivity index (χ0) is 23.2. The molecule has 0 aliphatic carbocycles. The first-order valence-corrected chi connectivity index (χ1v) is 11.9. The van der Waals surface area contributed by atoms with E-state index in [0.29, 0.717) is 11.3 Å². The van der Waals surface area contributed by atoms with Gasteiger partial charge in [0.1, 0.15) is 5.60 Å². The zero-order valence-electron chi connectivity index (χ0n) is 17.4. The van der Waals surface area contributed by atoms with E-state index in [9.17, 15) is 9.59 Å². The molecule has 6 nitrogen and oxygen atoms in total. The molecule has 0 aliphatic rings. The Balaban J connectivity index is 2.08. The highest BCUT2D eigenvalue weighted by Gasteiger charge is 2.37. The minimum Gasteiger partial charge on any atom is -0.444 e. The predicted molar refractivity (Wildman–Crippen MR) is 126 cm³/mol. The Bertz CT molecular complexity index is 940. The highest BCUT2D eigenvalue weighted by atomic mass is 35.6. The number of nitrogens with zero attached hydrogens (tertiary/aromatic N) is 1. The maximum absolute atomic E-state index is 12.4. The van der Waals surface area contributed by atoms with Gasteiger partial charge in [-0.1, -0.05) is 75.8 Å². The van der Waals surface area contributed by atoms with Crippen molar-refractivity contribution in [3.63, 3.8) is 0 Å². The summed E-state index contributed by atoms with van der Waals surface area (Å²) in [4.78, 5) is 25.0. The van der Waals surface area contributed by atoms with Gasteiger partial charge in [-0.2, -0.15) is 0 Å². The minimum atomic E-state index is -1.85. The Kier molecular flexibility index (Phi) is 8.77. The average molecular weight is 506 g/mol. The number of anilines is 1. The van der Waals surface area contributed by atoms with Crippen molar-refractivity contribution >= 4 is 63.4 Å². The molecule has 0 spiro atoms. The van der Waals surface area contributed by atoms with Gasteiger partial charge in [-0.25, -0.2) is 9.59 Å². The van der Waals surface area contributed by atoms with Crippen molar-refractivity contribution in [2.24, 2.45) is 4.36 Å². The van der Waals surface area contributed by atoms with Gasteiger partial charge in [0, 0.05) is 10.6 Å². The maximum Gasteiger partial charge on any atom is 0.440 e. The van der Waals surface area contributed by atoms with Gasteiger partial charge in [-0.15, -0.1) is 4.36 Å². The molecule has 168 valence electrons. The molecule has 0 radical (unpaired) electrons. The summed E-state index contributed by atoms with van der Waals surface area (Å²) >= 11 is 18.0. The quantitative estimate of drug-likeness (QED) is 0.451. The second-order valence-electron chi connectivity index (χ2n) is 7.44. The lowest BCUT2D eigenvalue weighted by Crippen LogP contribution is -2.27. The normalized spacial score (nSPS) is 13.9. The summed E-state index contributed by atoms with van der Waals surface area (Å²) in [5, 5.41) is 2.64. The van der Waals surface area contributed by atoms with Crippen LogP contribution in [0.3, 0.4) is 0 Å². The topological polar surface area (TPSA) is 77.0 Å². The second-order valence-corrected chi connectivity index (χ2v) is 11.4. The van der Waals surface area contributed by atoms with Crippen LogP contribution in [-0.2, 0) is 20.2 Å². The predicted octanol–water partition coefficient (Wildman–Crippen LogP) is 7.07. The summed E-state index contributed by atoms with van der Waals surface area (Å²) in [6.45, 7) is 5.35. The third kappa shape index (κ3) is 8.69. The number of carbonyl (C=O) groups is 2. The van der Waals surface area contributed by atoms with Gasteiger partial charge in [-0.3, -0.25) is 5.32 Å². The molecule has 1 N–H and O–H groups in total.